The third-order valence-electron chi connectivity index (χ3n) is 4.16. The number of rotatable bonds is 2. The molecule has 0 radical (unpaired) electrons. The smallest absolute Gasteiger partial charge is 0.0931 e. The highest BCUT2D eigenvalue weighted by Gasteiger charge is 2.44. The van der Waals surface area contributed by atoms with Crippen molar-refractivity contribution in [2.24, 2.45) is 11.3 Å². The molecule has 2 unspecified atom stereocenters. The van der Waals surface area contributed by atoms with Gasteiger partial charge in [0.15, 0.2) is 0 Å². The van der Waals surface area contributed by atoms with Gasteiger partial charge in [-0.05, 0) is 36.3 Å². The summed E-state index contributed by atoms with van der Waals surface area (Å²) >= 11 is 7.58. The van der Waals surface area contributed by atoms with Crippen LogP contribution in [-0.2, 0) is 6.42 Å². The van der Waals surface area contributed by atoms with Crippen LogP contribution in [0.25, 0.3) is 0 Å². The maximum atomic E-state index is 11.1. The molecule has 1 aromatic heterocycles. The molecule has 1 N–H and O–H groups in total. The Hall–Kier alpha value is -0.0500. The Morgan fingerprint density at radius 1 is 1.39 bits per heavy atom. The lowest BCUT2D eigenvalue weighted by Gasteiger charge is -2.47. The van der Waals surface area contributed by atoms with Gasteiger partial charge in [0.1, 0.15) is 0 Å². The lowest BCUT2D eigenvalue weighted by Crippen LogP contribution is -2.48. The minimum atomic E-state index is -0.551. The van der Waals surface area contributed by atoms with Crippen molar-refractivity contribution in [2.45, 2.75) is 58.5 Å². The number of hydrogen-bond donors (Lipinski definition) is 1. The topological polar surface area (TPSA) is 20.2 Å². The molecule has 0 spiro atoms. The molecule has 1 aliphatic rings. The number of hydrogen-bond acceptors (Lipinski definition) is 2. The van der Waals surface area contributed by atoms with E-state index in [2.05, 4.69) is 26.8 Å². The van der Waals surface area contributed by atoms with Gasteiger partial charge in [0.25, 0.3) is 0 Å². The zero-order valence-electron chi connectivity index (χ0n) is 11.5. The monoisotopic (exact) mass is 286 g/mol. The van der Waals surface area contributed by atoms with E-state index >= 15 is 0 Å². The first-order valence-corrected chi connectivity index (χ1v) is 7.97. The molecular formula is C15H23ClOS. The van der Waals surface area contributed by atoms with E-state index in [9.17, 15) is 5.11 Å². The van der Waals surface area contributed by atoms with Gasteiger partial charge in [0.05, 0.1) is 9.94 Å². The Morgan fingerprint density at radius 2 is 2.11 bits per heavy atom. The van der Waals surface area contributed by atoms with Crippen molar-refractivity contribution in [1.82, 2.24) is 0 Å². The van der Waals surface area contributed by atoms with Crippen LogP contribution in [0.1, 0.15) is 51.3 Å². The maximum absolute atomic E-state index is 11.1. The Balaban J connectivity index is 2.20. The van der Waals surface area contributed by atoms with Crippen LogP contribution in [0.3, 0.4) is 0 Å². The van der Waals surface area contributed by atoms with E-state index in [1.807, 2.05) is 6.07 Å². The van der Waals surface area contributed by atoms with Gasteiger partial charge in [-0.1, -0.05) is 45.2 Å². The zero-order valence-corrected chi connectivity index (χ0v) is 13.1. The minimum Gasteiger partial charge on any atom is -0.389 e. The normalized spacial score (nSPS) is 29.5. The average Bonchev–Trinajstić information content (AvgIpc) is 2.62. The number of thiophene rings is 1. The van der Waals surface area contributed by atoms with Crippen LogP contribution in [0.2, 0.25) is 4.34 Å². The molecule has 2 rings (SSSR count). The zero-order chi connectivity index (χ0) is 13.4. The van der Waals surface area contributed by atoms with E-state index in [0.29, 0.717) is 5.92 Å². The van der Waals surface area contributed by atoms with Gasteiger partial charge in [-0.2, -0.15) is 0 Å². The van der Waals surface area contributed by atoms with Crippen LogP contribution in [0.5, 0.6) is 0 Å². The highest BCUT2D eigenvalue weighted by atomic mass is 35.5. The molecular weight excluding hydrogens is 264 g/mol. The summed E-state index contributed by atoms with van der Waals surface area (Å²) in [7, 11) is 0. The first-order chi connectivity index (χ1) is 8.31. The van der Waals surface area contributed by atoms with Crippen molar-refractivity contribution in [3.8, 4) is 0 Å². The van der Waals surface area contributed by atoms with Crippen LogP contribution in [0.4, 0.5) is 0 Å². The van der Waals surface area contributed by atoms with E-state index in [4.69, 9.17) is 11.6 Å². The van der Waals surface area contributed by atoms with E-state index in [1.165, 1.54) is 11.3 Å². The average molecular weight is 287 g/mol. The highest BCUT2D eigenvalue weighted by Crippen LogP contribution is 2.46. The van der Waals surface area contributed by atoms with Gasteiger partial charge in [0, 0.05) is 11.3 Å². The first kappa shape index (κ1) is 14.4. The van der Waals surface area contributed by atoms with Gasteiger partial charge < -0.3 is 5.11 Å². The Morgan fingerprint density at radius 3 is 2.67 bits per heavy atom. The summed E-state index contributed by atoms with van der Waals surface area (Å²) in [6.45, 7) is 6.74. The summed E-state index contributed by atoms with van der Waals surface area (Å²) in [4.78, 5) is 1.21. The molecule has 2 atom stereocenters. The molecule has 0 aromatic carbocycles. The summed E-state index contributed by atoms with van der Waals surface area (Å²) in [5.41, 5.74) is -0.388. The van der Waals surface area contributed by atoms with Crippen molar-refractivity contribution in [3.05, 3.63) is 21.3 Å². The third-order valence-corrected chi connectivity index (χ3v) is 5.39. The summed E-state index contributed by atoms with van der Waals surface area (Å²) in [5, 5.41) is 11.1. The molecule has 18 heavy (non-hydrogen) atoms. The Bertz CT molecular complexity index is 407. The molecule has 1 heterocycles. The van der Waals surface area contributed by atoms with Gasteiger partial charge in [0.2, 0.25) is 0 Å². The SMILES string of the molecule is CC(C)(C)C1CCCCC1(O)Cc1ccc(Cl)s1. The fraction of sp³-hybridized carbons (Fsp3) is 0.733. The molecule has 1 aromatic rings. The van der Waals surface area contributed by atoms with Crippen molar-refractivity contribution < 1.29 is 5.11 Å². The van der Waals surface area contributed by atoms with Crippen molar-refractivity contribution >= 4 is 22.9 Å². The molecule has 3 heteroatoms. The summed E-state index contributed by atoms with van der Waals surface area (Å²) in [6, 6.07) is 3.99. The largest absolute Gasteiger partial charge is 0.389 e. The van der Waals surface area contributed by atoms with E-state index in [-0.39, 0.29) is 5.41 Å². The molecule has 1 nitrogen and oxygen atoms in total. The van der Waals surface area contributed by atoms with Gasteiger partial charge in [-0.25, -0.2) is 0 Å². The lowest BCUT2D eigenvalue weighted by molar-refractivity contribution is -0.0884. The number of halogens is 1. The molecule has 0 bridgehead atoms. The van der Waals surface area contributed by atoms with Crippen LogP contribution < -0.4 is 0 Å². The third kappa shape index (κ3) is 3.09. The second-order valence-electron chi connectivity index (χ2n) is 6.65. The maximum Gasteiger partial charge on any atom is 0.0931 e. The first-order valence-electron chi connectivity index (χ1n) is 6.78. The molecule has 0 amide bonds. The van der Waals surface area contributed by atoms with Gasteiger partial charge >= 0.3 is 0 Å². The number of aliphatic hydroxyl groups is 1. The van der Waals surface area contributed by atoms with E-state index in [1.54, 1.807) is 11.3 Å². The van der Waals surface area contributed by atoms with Crippen molar-refractivity contribution in [3.63, 3.8) is 0 Å². The quantitative estimate of drug-likeness (QED) is 0.819. The lowest BCUT2D eigenvalue weighted by atomic mass is 9.62. The van der Waals surface area contributed by atoms with E-state index < -0.39 is 5.60 Å². The summed E-state index contributed by atoms with van der Waals surface area (Å²) in [6.07, 6.45) is 5.20. The van der Waals surface area contributed by atoms with Gasteiger partial charge in [-0.15, -0.1) is 11.3 Å². The second kappa shape index (κ2) is 5.15. The molecule has 1 saturated carbocycles. The molecule has 1 aliphatic carbocycles. The minimum absolute atomic E-state index is 0.163. The van der Waals surface area contributed by atoms with Gasteiger partial charge in [-0.3, -0.25) is 0 Å². The van der Waals surface area contributed by atoms with Crippen LogP contribution in [0.15, 0.2) is 12.1 Å². The van der Waals surface area contributed by atoms with E-state index in [0.717, 1.165) is 30.0 Å². The highest BCUT2D eigenvalue weighted by molar-refractivity contribution is 7.16. The predicted molar refractivity (Wildman–Crippen MR) is 79.4 cm³/mol. The molecule has 0 saturated heterocycles. The van der Waals surface area contributed by atoms with Crippen LogP contribution >= 0.6 is 22.9 Å². The Labute approximate surface area is 119 Å². The molecule has 0 aliphatic heterocycles. The van der Waals surface area contributed by atoms with Crippen molar-refractivity contribution in [1.29, 1.82) is 0 Å². The fourth-order valence-corrected chi connectivity index (χ4v) is 4.63. The molecule has 1 fully saturated rings. The Kier molecular flexibility index (Phi) is 4.10. The predicted octanol–water partition coefficient (Wildman–Crippen LogP) is 4.91. The fourth-order valence-electron chi connectivity index (χ4n) is 3.42. The van der Waals surface area contributed by atoms with Crippen LogP contribution in [0, 0.1) is 11.3 Å². The summed E-state index contributed by atoms with van der Waals surface area (Å²) < 4.78 is 0.816. The molecule has 102 valence electrons. The summed E-state index contributed by atoms with van der Waals surface area (Å²) in [5.74, 6) is 0.375. The standard InChI is InChI=1S/C15H23ClOS/c1-14(2,3)12-6-4-5-9-15(12,17)10-11-7-8-13(16)18-11/h7-8,12,17H,4-6,9-10H2,1-3H3. The second-order valence-corrected chi connectivity index (χ2v) is 8.45. The van der Waals surface area contributed by atoms with Crippen molar-refractivity contribution in [2.75, 3.05) is 0 Å². The van der Waals surface area contributed by atoms with Crippen LogP contribution in [-0.4, -0.2) is 10.7 Å².